The number of alkyl halides is 3. The maximum absolute atomic E-state index is 13.5. The number of hydrogen-bond donors (Lipinski definition) is 2. The Hall–Kier alpha value is -3.34. The lowest BCUT2D eigenvalue weighted by molar-refractivity contribution is -0.136. The summed E-state index contributed by atoms with van der Waals surface area (Å²) in [5.74, 6) is -1.44. The molecule has 0 aliphatic carbocycles. The van der Waals surface area contributed by atoms with Crippen LogP contribution in [0.1, 0.15) is 28.2 Å². The molecule has 0 bridgehead atoms. The first kappa shape index (κ1) is 21.4. The van der Waals surface area contributed by atoms with Crippen LogP contribution in [0.2, 0.25) is 0 Å². The largest absolute Gasteiger partial charge is 0.459 e. The molecule has 158 valence electrons. The molecule has 0 unspecified atom stereocenters. The van der Waals surface area contributed by atoms with Crippen LogP contribution in [0, 0.1) is 6.92 Å². The Bertz CT molecular complexity index is 1120. The molecule has 0 saturated heterocycles. The lowest BCUT2D eigenvalue weighted by Gasteiger charge is -2.16. The second-order valence-corrected chi connectivity index (χ2v) is 7.10. The molecule has 2 N–H and O–H groups in total. The molecule has 7 nitrogen and oxygen atoms in total. The molecule has 0 fully saturated rings. The van der Waals surface area contributed by atoms with Gasteiger partial charge in [-0.05, 0) is 37.3 Å². The fraction of sp³-hybridized carbons (Fsp3) is 0.211. The van der Waals surface area contributed by atoms with Gasteiger partial charge < -0.3 is 19.6 Å². The zero-order valence-electron chi connectivity index (χ0n) is 15.6. The number of carbonyl (C=O) groups is 2. The Balaban J connectivity index is 1.74. The van der Waals surface area contributed by atoms with Gasteiger partial charge in [0.1, 0.15) is 0 Å². The predicted octanol–water partition coefficient (Wildman–Crippen LogP) is 4.11. The van der Waals surface area contributed by atoms with E-state index in [2.05, 4.69) is 10.6 Å². The molecular formula is C19H16F3N3O4S. The number of thiazole rings is 1. The van der Waals surface area contributed by atoms with Gasteiger partial charge in [-0.3, -0.25) is 14.4 Å². The third-order valence-electron chi connectivity index (χ3n) is 4.14. The van der Waals surface area contributed by atoms with Crippen molar-refractivity contribution < 1.29 is 27.2 Å². The summed E-state index contributed by atoms with van der Waals surface area (Å²) < 4.78 is 46.7. The molecule has 3 rings (SSSR count). The molecule has 0 saturated carbocycles. The molecular weight excluding hydrogens is 423 g/mol. The average Bonchev–Trinajstić information content (AvgIpc) is 3.31. The highest BCUT2D eigenvalue weighted by Crippen LogP contribution is 2.36. The van der Waals surface area contributed by atoms with Gasteiger partial charge in [0.25, 0.3) is 5.91 Å². The number of nitrogens with one attached hydrogen (secondary N) is 2. The van der Waals surface area contributed by atoms with E-state index in [0.29, 0.717) is 5.69 Å². The lowest BCUT2D eigenvalue weighted by atomic mass is 10.1. The average molecular weight is 439 g/mol. The summed E-state index contributed by atoms with van der Waals surface area (Å²) in [5.41, 5.74) is -0.998. The number of hydrogen-bond acceptors (Lipinski definition) is 5. The first-order valence-corrected chi connectivity index (χ1v) is 9.54. The Morgan fingerprint density at radius 1 is 1.20 bits per heavy atom. The highest BCUT2D eigenvalue weighted by Gasteiger charge is 2.34. The summed E-state index contributed by atoms with van der Waals surface area (Å²) in [6, 6.07) is 5.86. The molecule has 0 aliphatic heterocycles. The molecule has 0 radical (unpaired) electrons. The van der Waals surface area contributed by atoms with Crippen molar-refractivity contribution >= 4 is 34.5 Å². The third-order valence-corrected chi connectivity index (χ3v) is 5.02. The predicted molar refractivity (Wildman–Crippen MR) is 105 cm³/mol. The van der Waals surface area contributed by atoms with Crippen LogP contribution in [0.25, 0.3) is 0 Å². The van der Waals surface area contributed by atoms with Crippen LogP contribution in [-0.4, -0.2) is 16.4 Å². The number of carbonyl (C=O) groups excluding carboxylic acids is 2. The molecule has 11 heteroatoms. The van der Waals surface area contributed by atoms with Gasteiger partial charge in [0, 0.05) is 29.7 Å². The van der Waals surface area contributed by atoms with Crippen molar-refractivity contribution in [3.05, 3.63) is 68.7 Å². The van der Waals surface area contributed by atoms with Crippen molar-refractivity contribution in [1.29, 1.82) is 0 Å². The van der Waals surface area contributed by atoms with E-state index in [9.17, 15) is 27.6 Å². The SMILES string of the molecule is Cc1csc(=O)n1CCC(=O)Nc1ccc(NC(=O)c2ccco2)cc1C(F)(F)F. The first-order valence-electron chi connectivity index (χ1n) is 8.66. The third kappa shape index (κ3) is 4.98. The van der Waals surface area contributed by atoms with E-state index in [1.165, 1.54) is 29.0 Å². The molecule has 0 aliphatic rings. The van der Waals surface area contributed by atoms with Crippen LogP contribution < -0.4 is 15.5 Å². The van der Waals surface area contributed by atoms with E-state index < -0.39 is 29.2 Å². The van der Waals surface area contributed by atoms with Crippen LogP contribution >= 0.6 is 11.3 Å². The standard InChI is InChI=1S/C19H16F3N3O4S/c1-11-10-30-18(28)25(11)7-6-16(26)24-14-5-4-12(9-13(14)19(20,21)22)23-17(27)15-3-2-8-29-15/h2-5,8-10H,6-7H2,1H3,(H,23,27)(H,24,26). The molecule has 0 atom stereocenters. The summed E-state index contributed by atoms with van der Waals surface area (Å²) in [5, 5.41) is 6.17. The smallest absolute Gasteiger partial charge is 0.418 e. The number of furan rings is 1. The second kappa shape index (κ2) is 8.57. The number of benzene rings is 1. The monoisotopic (exact) mass is 439 g/mol. The Morgan fingerprint density at radius 2 is 1.97 bits per heavy atom. The van der Waals surface area contributed by atoms with E-state index in [-0.39, 0.29) is 29.3 Å². The van der Waals surface area contributed by atoms with E-state index in [1.54, 1.807) is 12.3 Å². The summed E-state index contributed by atoms with van der Waals surface area (Å²) in [7, 11) is 0. The van der Waals surface area contributed by atoms with Crippen molar-refractivity contribution in [2.24, 2.45) is 0 Å². The summed E-state index contributed by atoms with van der Waals surface area (Å²) in [6.45, 7) is 1.76. The van der Waals surface area contributed by atoms with Crippen LogP contribution in [0.4, 0.5) is 24.5 Å². The summed E-state index contributed by atoms with van der Waals surface area (Å²) in [6.07, 6.45) is -3.68. The fourth-order valence-corrected chi connectivity index (χ4v) is 3.43. The number of aryl methyl sites for hydroxylation is 1. The minimum Gasteiger partial charge on any atom is -0.459 e. The van der Waals surface area contributed by atoms with E-state index in [1.807, 2.05) is 0 Å². The molecule has 30 heavy (non-hydrogen) atoms. The molecule has 3 aromatic rings. The van der Waals surface area contributed by atoms with Crippen LogP contribution in [0.3, 0.4) is 0 Å². The van der Waals surface area contributed by atoms with E-state index in [4.69, 9.17) is 4.42 Å². The number of aromatic nitrogens is 1. The second-order valence-electron chi connectivity index (χ2n) is 6.28. The normalized spacial score (nSPS) is 11.3. The fourth-order valence-electron chi connectivity index (χ4n) is 2.67. The first-order chi connectivity index (χ1) is 14.1. The van der Waals surface area contributed by atoms with E-state index in [0.717, 1.165) is 23.5 Å². The number of nitrogens with zero attached hydrogens (tertiary/aromatic N) is 1. The number of halogens is 3. The lowest BCUT2D eigenvalue weighted by Crippen LogP contribution is -2.21. The van der Waals surface area contributed by atoms with Gasteiger partial charge in [0.05, 0.1) is 17.5 Å². The Morgan fingerprint density at radius 3 is 2.57 bits per heavy atom. The van der Waals surface area contributed by atoms with Gasteiger partial charge in [-0.1, -0.05) is 11.3 Å². The Labute approximate surface area is 172 Å². The van der Waals surface area contributed by atoms with Crippen molar-refractivity contribution in [3.8, 4) is 0 Å². The zero-order chi connectivity index (χ0) is 21.9. The molecule has 1 aromatic carbocycles. The number of rotatable bonds is 6. The summed E-state index contributed by atoms with van der Waals surface area (Å²) in [4.78, 5) is 35.5. The number of anilines is 2. The number of amides is 2. The highest BCUT2D eigenvalue weighted by molar-refractivity contribution is 7.07. The molecule has 2 aromatic heterocycles. The van der Waals surface area contributed by atoms with Gasteiger partial charge in [0.2, 0.25) is 5.91 Å². The van der Waals surface area contributed by atoms with Crippen molar-refractivity contribution in [2.45, 2.75) is 26.1 Å². The van der Waals surface area contributed by atoms with Crippen LogP contribution in [0.5, 0.6) is 0 Å². The molecule has 2 amide bonds. The van der Waals surface area contributed by atoms with Gasteiger partial charge in [0.15, 0.2) is 5.76 Å². The minimum atomic E-state index is -4.77. The van der Waals surface area contributed by atoms with Crippen LogP contribution in [-0.2, 0) is 17.5 Å². The topological polar surface area (TPSA) is 93.3 Å². The van der Waals surface area contributed by atoms with Gasteiger partial charge >= 0.3 is 11.0 Å². The molecule has 2 heterocycles. The maximum atomic E-state index is 13.5. The Kier molecular flexibility index (Phi) is 6.11. The van der Waals surface area contributed by atoms with Crippen LogP contribution in [0.15, 0.2) is 51.2 Å². The minimum absolute atomic E-state index is 0.0542. The van der Waals surface area contributed by atoms with Gasteiger partial charge in [-0.2, -0.15) is 13.2 Å². The zero-order valence-corrected chi connectivity index (χ0v) is 16.4. The van der Waals surface area contributed by atoms with Crippen molar-refractivity contribution in [1.82, 2.24) is 4.57 Å². The van der Waals surface area contributed by atoms with Crippen molar-refractivity contribution in [2.75, 3.05) is 10.6 Å². The van der Waals surface area contributed by atoms with E-state index >= 15 is 0 Å². The summed E-state index contributed by atoms with van der Waals surface area (Å²) >= 11 is 0.984. The quantitative estimate of drug-likeness (QED) is 0.605. The maximum Gasteiger partial charge on any atom is 0.418 e. The van der Waals surface area contributed by atoms with Crippen molar-refractivity contribution in [3.63, 3.8) is 0 Å². The molecule has 0 spiro atoms. The highest BCUT2D eigenvalue weighted by atomic mass is 32.1. The van der Waals surface area contributed by atoms with Gasteiger partial charge in [-0.25, -0.2) is 0 Å². The van der Waals surface area contributed by atoms with Gasteiger partial charge in [-0.15, -0.1) is 0 Å².